The summed E-state index contributed by atoms with van der Waals surface area (Å²) in [5, 5.41) is 6.94. The second-order valence-electron chi connectivity index (χ2n) is 8.72. The summed E-state index contributed by atoms with van der Waals surface area (Å²) in [7, 11) is 0. The van der Waals surface area contributed by atoms with Crippen molar-refractivity contribution in [3.63, 3.8) is 0 Å². The third-order valence-electron chi connectivity index (χ3n) is 5.10. The highest BCUT2D eigenvalue weighted by atomic mass is 35.5. The number of benzene rings is 1. The molecule has 2 amide bonds. The van der Waals surface area contributed by atoms with Gasteiger partial charge in [0, 0.05) is 49.4 Å². The van der Waals surface area contributed by atoms with Gasteiger partial charge in [-0.2, -0.15) is 0 Å². The first-order valence-electron chi connectivity index (χ1n) is 9.64. The molecule has 8 heteroatoms. The van der Waals surface area contributed by atoms with E-state index in [1.807, 2.05) is 20.8 Å². The maximum absolute atomic E-state index is 12.5. The van der Waals surface area contributed by atoms with E-state index in [9.17, 15) is 9.59 Å². The molecule has 0 radical (unpaired) electrons. The van der Waals surface area contributed by atoms with Crippen molar-refractivity contribution in [1.82, 2.24) is 20.4 Å². The number of hydrogen-bond donors (Lipinski definition) is 2. The van der Waals surface area contributed by atoms with E-state index in [-0.39, 0.29) is 23.4 Å². The van der Waals surface area contributed by atoms with Gasteiger partial charge in [-0.15, -0.1) is 0 Å². The van der Waals surface area contributed by atoms with Gasteiger partial charge in [0.05, 0.1) is 16.6 Å². The van der Waals surface area contributed by atoms with Gasteiger partial charge in [-0.25, -0.2) is 0 Å². The molecule has 0 bridgehead atoms. The van der Waals surface area contributed by atoms with Gasteiger partial charge in [-0.1, -0.05) is 23.2 Å². The Labute approximate surface area is 176 Å². The maximum atomic E-state index is 12.5. The van der Waals surface area contributed by atoms with Crippen LogP contribution >= 0.6 is 23.2 Å². The standard InChI is InChI=1S/C20H28Cl2N4O2/c1-20(2,3)24-18(27)12-25-6-7-26-10-14(9-15(26)11-25)23-19(28)13-4-5-16(21)17(22)8-13/h4-5,8,14-15H,6-7,9-12H2,1-3H3,(H,23,28)(H,24,27)/t14-,15-/m0/s1. The average Bonchev–Trinajstić information content (AvgIpc) is 2.96. The molecule has 2 fully saturated rings. The lowest BCUT2D eigenvalue weighted by Gasteiger charge is -2.37. The number of halogens is 2. The number of piperazine rings is 1. The van der Waals surface area contributed by atoms with Crippen molar-refractivity contribution in [1.29, 1.82) is 0 Å². The Bertz CT molecular complexity index is 750. The quantitative estimate of drug-likeness (QED) is 0.775. The average molecular weight is 427 g/mol. The molecule has 1 aromatic carbocycles. The number of rotatable bonds is 4. The monoisotopic (exact) mass is 426 g/mol. The minimum absolute atomic E-state index is 0.0587. The smallest absolute Gasteiger partial charge is 0.251 e. The molecule has 1 aromatic rings. The van der Waals surface area contributed by atoms with Crippen LogP contribution < -0.4 is 10.6 Å². The zero-order chi connectivity index (χ0) is 20.5. The predicted octanol–water partition coefficient (Wildman–Crippen LogP) is 2.40. The summed E-state index contributed by atoms with van der Waals surface area (Å²) in [4.78, 5) is 29.3. The number of carbonyl (C=O) groups is 2. The van der Waals surface area contributed by atoms with Crippen LogP contribution in [-0.4, -0.2) is 72.0 Å². The van der Waals surface area contributed by atoms with Gasteiger partial charge in [0.1, 0.15) is 0 Å². The molecule has 28 heavy (non-hydrogen) atoms. The van der Waals surface area contributed by atoms with Crippen LogP contribution in [0.15, 0.2) is 18.2 Å². The van der Waals surface area contributed by atoms with Gasteiger partial charge < -0.3 is 10.6 Å². The highest BCUT2D eigenvalue weighted by Gasteiger charge is 2.37. The Morgan fingerprint density at radius 2 is 1.89 bits per heavy atom. The van der Waals surface area contributed by atoms with Crippen molar-refractivity contribution in [2.75, 3.05) is 32.7 Å². The van der Waals surface area contributed by atoms with Crippen molar-refractivity contribution in [2.24, 2.45) is 0 Å². The Morgan fingerprint density at radius 3 is 2.57 bits per heavy atom. The normalized spacial score (nSPS) is 23.3. The summed E-state index contributed by atoms with van der Waals surface area (Å²) >= 11 is 11.9. The number of amides is 2. The maximum Gasteiger partial charge on any atom is 0.251 e. The molecule has 0 saturated carbocycles. The molecule has 0 spiro atoms. The first-order valence-corrected chi connectivity index (χ1v) is 10.4. The van der Waals surface area contributed by atoms with E-state index in [2.05, 4.69) is 20.4 Å². The van der Waals surface area contributed by atoms with Crippen molar-refractivity contribution in [3.8, 4) is 0 Å². The van der Waals surface area contributed by atoms with E-state index in [1.165, 1.54) is 0 Å². The second kappa shape index (κ2) is 8.57. The third kappa shape index (κ3) is 5.60. The molecule has 2 aliphatic rings. The minimum atomic E-state index is -0.216. The fourth-order valence-electron chi connectivity index (χ4n) is 3.92. The van der Waals surface area contributed by atoms with E-state index in [0.717, 1.165) is 32.6 Å². The number of hydrogen-bond acceptors (Lipinski definition) is 4. The van der Waals surface area contributed by atoms with Crippen LogP contribution in [0, 0.1) is 0 Å². The van der Waals surface area contributed by atoms with Gasteiger partial charge in [0.15, 0.2) is 0 Å². The predicted molar refractivity (Wildman–Crippen MR) is 112 cm³/mol. The number of nitrogens with one attached hydrogen (secondary N) is 2. The summed E-state index contributed by atoms with van der Waals surface area (Å²) in [5.74, 6) is -0.0757. The van der Waals surface area contributed by atoms with Crippen molar-refractivity contribution in [3.05, 3.63) is 33.8 Å². The number of carbonyl (C=O) groups excluding carboxylic acids is 2. The molecule has 6 nitrogen and oxygen atoms in total. The molecule has 0 aliphatic carbocycles. The first-order chi connectivity index (χ1) is 13.1. The van der Waals surface area contributed by atoms with Gasteiger partial charge in [0.2, 0.25) is 5.91 Å². The Morgan fingerprint density at radius 1 is 1.14 bits per heavy atom. The molecular weight excluding hydrogens is 399 g/mol. The van der Waals surface area contributed by atoms with Crippen LogP contribution in [-0.2, 0) is 4.79 Å². The lowest BCUT2D eigenvalue weighted by atomic mass is 10.1. The summed E-state index contributed by atoms with van der Waals surface area (Å²) in [6, 6.07) is 5.36. The van der Waals surface area contributed by atoms with Crippen molar-refractivity contribution >= 4 is 35.0 Å². The van der Waals surface area contributed by atoms with E-state index in [1.54, 1.807) is 18.2 Å². The zero-order valence-corrected chi connectivity index (χ0v) is 18.1. The van der Waals surface area contributed by atoms with Crippen LogP contribution in [0.25, 0.3) is 0 Å². The molecule has 2 heterocycles. The molecule has 0 unspecified atom stereocenters. The topological polar surface area (TPSA) is 64.7 Å². The van der Waals surface area contributed by atoms with Crippen LogP contribution in [0.2, 0.25) is 10.0 Å². The molecular formula is C20H28Cl2N4O2. The lowest BCUT2D eigenvalue weighted by Crippen LogP contribution is -2.54. The van der Waals surface area contributed by atoms with E-state index in [0.29, 0.717) is 28.2 Å². The van der Waals surface area contributed by atoms with Crippen molar-refractivity contribution < 1.29 is 9.59 Å². The molecule has 3 rings (SSSR count). The molecule has 2 aliphatic heterocycles. The SMILES string of the molecule is CC(C)(C)NC(=O)CN1CCN2C[C@@H](NC(=O)c3ccc(Cl)c(Cl)c3)C[C@H]2C1. The number of fused-ring (bicyclic) bond motifs is 1. The highest BCUT2D eigenvalue weighted by Crippen LogP contribution is 2.24. The van der Waals surface area contributed by atoms with Crippen molar-refractivity contribution in [2.45, 2.75) is 44.8 Å². The summed E-state index contributed by atoms with van der Waals surface area (Å²) < 4.78 is 0. The van der Waals surface area contributed by atoms with Gasteiger partial charge in [0.25, 0.3) is 5.91 Å². The molecule has 154 valence electrons. The molecule has 2 atom stereocenters. The minimum Gasteiger partial charge on any atom is -0.350 e. The van der Waals surface area contributed by atoms with E-state index in [4.69, 9.17) is 23.2 Å². The van der Waals surface area contributed by atoms with Gasteiger partial charge in [-0.3, -0.25) is 19.4 Å². The zero-order valence-electron chi connectivity index (χ0n) is 16.6. The van der Waals surface area contributed by atoms with Crippen LogP contribution in [0.1, 0.15) is 37.6 Å². The lowest BCUT2D eigenvalue weighted by molar-refractivity contribution is -0.124. The Kier molecular flexibility index (Phi) is 6.54. The van der Waals surface area contributed by atoms with Gasteiger partial charge >= 0.3 is 0 Å². The highest BCUT2D eigenvalue weighted by molar-refractivity contribution is 6.42. The van der Waals surface area contributed by atoms with Crippen LogP contribution in [0.3, 0.4) is 0 Å². The fourth-order valence-corrected chi connectivity index (χ4v) is 4.22. The summed E-state index contributed by atoms with van der Waals surface area (Å²) in [6.45, 7) is 9.83. The fraction of sp³-hybridized carbons (Fsp3) is 0.600. The van der Waals surface area contributed by atoms with Crippen LogP contribution in [0.5, 0.6) is 0 Å². The molecule has 2 N–H and O–H groups in total. The molecule has 2 saturated heterocycles. The summed E-state index contributed by atoms with van der Waals surface area (Å²) in [5.41, 5.74) is 0.298. The molecule has 0 aromatic heterocycles. The van der Waals surface area contributed by atoms with E-state index >= 15 is 0 Å². The van der Waals surface area contributed by atoms with Crippen LogP contribution in [0.4, 0.5) is 0 Å². The van der Waals surface area contributed by atoms with Gasteiger partial charge in [-0.05, 0) is 45.4 Å². The van der Waals surface area contributed by atoms with E-state index < -0.39 is 0 Å². The largest absolute Gasteiger partial charge is 0.350 e. The first kappa shape index (κ1) is 21.4. The third-order valence-corrected chi connectivity index (χ3v) is 5.84. The second-order valence-corrected chi connectivity index (χ2v) is 9.53. The number of nitrogens with zero attached hydrogens (tertiary/aromatic N) is 2. The Balaban J connectivity index is 1.51. The summed E-state index contributed by atoms with van der Waals surface area (Å²) in [6.07, 6.45) is 0.879. The Hall–Kier alpha value is -1.34.